The van der Waals surface area contributed by atoms with Crippen LogP contribution in [0.25, 0.3) is 0 Å². The molecule has 0 radical (unpaired) electrons. The number of ether oxygens (including phenoxy) is 1. The first-order valence-corrected chi connectivity index (χ1v) is 4.76. The van der Waals surface area contributed by atoms with Gasteiger partial charge >= 0.3 is 0 Å². The molecule has 0 unspecified atom stereocenters. The number of hydrogen-bond donors (Lipinski definition) is 1. The smallest absolute Gasteiger partial charge is 0.284 e. The maximum Gasteiger partial charge on any atom is 0.284 e. The average Bonchev–Trinajstić information content (AvgIpc) is 2.49. The Hall–Kier alpha value is -0.900. The highest BCUT2D eigenvalue weighted by Gasteiger charge is 2.25. The highest BCUT2D eigenvalue weighted by atomic mass is 32.2. The maximum absolute atomic E-state index is 10.9. The molecule has 0 aromatic heterocycles. The standard InChI is InChI=1S/C8H9NO2S/c9-8(10)6-7-5(1-3-11-6)2-4-12-7/h1H,2-4H2,(H2,9,10). The first-order chi connectivity index (χ1) is 5.79. The Labute approximate surface area is 74.6 Å². The van der Waals surface area contributed by atoms with Crippen LogP contribution in [-0.2, 0) is 9.53 Å². The normalized spacial score (nSPS) is 21.5. The highest BCUT2D eigenvalue weighted by molar-refractivity contribution is 8.03. The van der Waals surface area contributed by atoms with Gasteiger partial charge in [-0.2, -0.15) is 0 Å². The van der Waals surface area contributed by atoms with Crippen molar-refractivity contribution in [3.8, 4) is 0 Å². The largest absolute Gasteiger partial charge is 0.483 e. The molecule has 2 aliphatic rings. The second-order valence-electron chi connectivity index (χ2n) is 2.66. The van der Waals surface area contributed by atoms with Crippen molar-refractivity contribution in [3.05, 3.63) is 22.3 Å². The van der Waals surface area contributed by atoms with E-state index in [-0.39, 0.29) is 0 Å². The van der Waals surface area contributed by atoms with Crippen LogP contribution in [0, 0.1) is 0 Å². The summed E-state index contributed by atoms with van der Waals surface area (Å²) in [5.74, 6) is 0.932. The Morgan fingerprint density at radius 2 is 2.50 bits per heavy atom. The number of carbonyl (C=O) groups is 1. The zero-order chi connectivity index (χ0) is 8.55. The minimum atomic E-state index is -0.454. The van der Waals surface area contributed by atoms with E-state index < -0.39 is 5.91 Å². The zero-order valence-corrected chi connectivity index (χ0v) is 7.32. The molecule has 1 saturated heterocycles. The molecule has 1 amide bonds. The minimum Gasteiger partial charge on any atom is -0.483 e. The lowest BCUT2D eigenvalue weighted by Crippen LogP contribution is -2.19. The van der Waals surface area contributed by atoms with Crippen LogP contribution in [0.2, 0.25) is 0 Å². The summed E-state index contributed by atoms with van der Waals surface area (Å²) in [7, 11) is 0. The third-order valence-electron chi connectivity index (χ3n) is 1.90. The SMILES string of the molecule is NC(=O)C1=C2SCCC2=CCO1. The molecule has 12 heavy (non-hydrogen) atoms. The van der Waals surface area contributed by atoms with E-state index in [1.165, 1.54) is 5.57 Å². The van der Waals surface area contributed by atoms with Crippen LogP contribution in [0.15, 0.2) is 22.3 Å². The number of rotatable bonds is 1. The van der Waals surface area contributed by atoms with Gasteiger partial charge in [0.2, 0.25) is 0 Å². The van der Waals surface area contributed by atoms with Crippen molar-refractivity contribution in [2.24, 2.45) is 5.73 Å². The van der Waals surface area contributed by atoms with Crippen LogP contribution in [0.1, 0.15) is 6.42 Å². The Morgan fingerprint density at radius 1 is 1.67 bits per heavy atom. The Morgan fingerprint density at radius 3 is 3.25 bits per heavy atom. The van der Waals surface area contributed by atoms with E-state index in [4.69, 9.17) is 10.5 Å². The van der Waals surface area contributed by atoms with Crippen LogP contribution in [0.4, 0.5) is 0 Å². The van der Waals surface area contributed by atoms with Crippen LogP contribution in [0.5, 0.6) is 0 Å². The average molecular weight is 183 g/mol. The molecule has 0 saturated carbocycles. The number of amides is 1. The predicted molar refractivity (Wildman–Crippen MR) is 47.3 cm³/mol. The molecular formula is C8H9NO2S. The fourth-order valence-electron chi connectivity index (χ4n) is 1.35. The van der Waals surface area contributed by atoms with E-state index in [1.54, 1.807) is 11.8 Å². The summed E-state index contributed by atoms with van der Waals surface area (Å²) >= 11 is 1.65. The lowest BCUT2D eigenvalue weighted by atomic mass is 10.1. The number of allylic oxidation sites excluding steroid dienone is 1. The summed E-state index contributed by atoms with van der Waals surface area (Å²) in [5.41, 5.74) is 6.38. The van der Waals surface area contributed by atoms with Crippen molar-refractivity contribution in [2.75, 3.05) is 12.4 Å². The van der Waals surface area contributed by atoms with E-state index in [1.807, 2.05) is 6.08 Å². The van der Waals surface area contributed by atoms with E-state index in [2.05, 4.69) is 0 Å². The third-order valence-corrected chi connectivity index (χ3v) is 3.04. The van der Waals surface area contributed by atoms with Gasteiger partial charge < -0.3 is 10.5 Å². The number of hydrogen-bond acceptors (Lipinski definition) is 3. The molecule has 0 aromatic rings. The highest BCUT2D eigenvalue weighted by Crippen LogP contribution is 2.39. The van der Waals surface area contributed by atoms with Crippen molar-refractivity contribution in [1.82, 2.24) is 0 Å². The lowest BCUT2D eigenvalue weighted by Gasteiger charge is -2.14. The molecule has 0 aliphatic carbocycles. The minimum absolute atomic E-state index is 0.356. The topological polar surface area (TPSA) is 52.3 Å². The summed E-state index contributed by atoms with van der Waals surface area (Å²) < 4.78 is 5.16. The molecule has 3 nitrogen and oxygen atoms in total. The number of fused-ring (bicyclic) bond motifs is 1. The van der Waals surface area contributed by atoms with Gasteiger partial charge in [0.15, 0.2) is 5.76 Å². The fourth-order valence-corrected chi connectivity index (χ4v) is 2.54. The quantitative estimate of drug-likeness (QED) is 0.653. The van der Waals surface area contributed by atoms with E-state index in [0.29, 0.717) is 12.4 Å². The number of nitrogens with two attached hydrogens (primary N) is 1. The lowest BCUT2D eigenvalue weighted by molar-refractivity contribution is -0.117. The van der Waals surface area contributed by atoms with Crippen molar-refractivity contribution >= 4 is 17.7 Å². The van der Waals surface area contributed by atoms with E-state index in [0.717, 1.165) is 17.1 Å². The first kappa shape index (κ1) is 7.73. The van der Waals surface area contributed by atoms with Crippen LogP contribution in [0.3, 0.4) is 0 Å². The third kappa shape index (κ3) is 1.12. The monoisotopic (exact) mass is 183 g/mol. The van der Waals surface area contributed by atoms with Gasteiger partial charge in [-0.1, -0.05) is 0 Å². The molecule has 2 rings (SSSR count). The first-order valence-electron chi connectivity index (χ1n) is 3.78. The molecule has 0 spiro atoms. The molecule has 0 atom stereocenters. The summed E-state index contributed by atoms with van der Waals surface area (Å²) in [5, 5.41) is 0. The van der Waals surface area contributed by atoms with Crippen molar-refractivity contribution in [1.29, 1.82) is 0 Å². The molecule has 0 aromatic carbocycles. The molecule has 1 fully saturated rings. The van der Waals surface area contributed by atoms with Gasteiger partial charge in [0, 0.05) is 5.75 Å². The van der Waals surface area contributed by atoms with Crippen LogP contribution < -0.4 is 5.73 Å². The maximum atomic E-state index is 10.9. The summed E-state index contributed by atoms with van der Waals surface area (Å²) in [6, 6.07) is 0. The Kier molecular flexibility index (Phi) is 1.84. The molecule has 2 heterocycles. The second kappa shape index (κ2) is 2.86. The van der Waals surface area contributed by atoms with Gasteiger partial charge in [-0.15, -0.1) is 11.8 Å². The predicted octanol–water partition coefficient (Wildman–Crippen LogP) is 0.777. The number of thioether (sulfide) groups is 1. The van der Waals surface area contributed by atoms with Gasteiger partial charge in [-0.3, -0.25) is 4.79 Å². The zero-order valence-electron chi connectivity index (χ0n) is 6.50. The second-order valence-corrected chi connectivity index (χ2v) is 3.77. The summed E-state index contributed by atoms with van der Waals surface area (Å²) in [6.07, 6.45) is 3.04. The van der Waals surface area contributed by atoms with Crippen LogP contribution in [-0.4, -0.2) is 18.3 Å². The van der Waals surface area contributed by atoms with Gasteiger partial charge in [-0.25, -0.2) is 0 Å². The van der Waals surface area contributed by atoms with Gasteiger partial charge in [0.25, 0.3) is 5.91 Å². The molecule has 0 bridgehead atoms. The number of primary amides is 1. The molecule has 2 aliphatic heterocycles. The number of carbonyl (C=O) groups excluding carboxylic acids is 1. The Bertz CT molecular complexity index is 289. The molecule has 2 N–H and O–H groups in total. The van der Waals surface area contributed by atoms with Crippen molar-refractivity contribution in [3.63, 3.8) is 0 Å². The summed E-state index contributed by atoms with van der Waals surface area (Å²) in [6.45, 7) is 0.484. The van der Waals surface area contributed by atoms with Gasteiger partial charge in [-0.05, 0) is 18.1 Å². The van der Waals surface area contributed by atoms with E-state index >= 15 is 0 Å². The van der Waals surface area contributed by atoms with E-state index in [9.17, 15) is 4.79 Å². The summed E-state index contributed by atoms with van der Waals surface area (Å²) in [4.78, 5) is 11.8. The van der Waals surface area contributed by atoms with Crippen molar-refractivity contribution in [2.45, 2.75) is 6.42 Å². The van der Waals surface area contributed by atoms with Gasteiger partial charge in [0.05, 0.1) is 4.91 Å². The Balaban J connectivity index is 2.41. The fraction of sp³-hybridized carbons (Fsp3) is 0.375. The van der Waals surface area contributed by atoms with Crippen LogP contribution >= 0.6 is 11.8 Å². The van der Waals surface area contributed by atoms with Gasteiger partial charge in [0.1, 0.15) is 6.61 Å². The molecule has 64 valence electrons. The molecular weight excluding hydrogens is 174 g/mol. The van der Waals surface area contributed by atoms with Crippen molar-refractivity contribution < 1.29 is 9.53 Å². The molecule has 4 heteroatoms.